The van der Waals surface area contributed by atoms with Gasteiger partial charge in [0.25, 0.3) is 10.0 Å². The van der Waals surface area contributed by atoms with E-state index < -0.39 is 20.0 Å². The van der Waals surface area contributed by atoms with Gasteiger partial charge >= 0.3 is 0 Å². The van der Waals surface area contributed by atoms with Crippen molar-refractivity contribution in [2.75, 3.05) is 17.8 Å². The van der Waals surface area contributed by atoms with Gasteiger partial charge in [0.1, 0.15) is 0 Å². The van der Waals surface area contributed by atoms with Crippen LogP contribution in [0.25, 0.3) is 0 Å². The Labute approximate surface area is 180 Å². The van der Waals surface area contributed by atoms with E-state index in [4.69, 9.17) is 0 Å². The number of hydrogen-bond acceptors (Lipinski definition) is 4. The lowest BCUT2D eigenvalue weighted by Gasteiger charge is -2.30. The summed E-state index contributed by atoms with van der Waals surface area (Å²) < 4.78 is 56.1. The van der Waals surface area contributed by atoms with E-state index in [1.54, 1.807) is 13.8 Å². The Bertz CT molecular complexity index is 1130. The first kappa shape index (κ1) is 22.8. The predicted octanol–water partition coefficient (Wildman–Crippen LogP) is 4.14. The fraction of sp³-hybridized carbons (Fsp3) is 0.455. The van der Waals surface area contributed by atoms with E-state index in [2.05, 4.69) is 11.6 Å². The predicted molar refractivity (Wildman–Crippen MR) is 120 cm³/mol. The molecule has 3 rings (SSSR count). The number of rotatable bonds is 5. The molecular formula is C22H30N2O4S2. The molecule has 1 N–H and O–H groups in total. The summed E-state index contributed by atoms with van der Waals surface area (Å²) in [4.78, 5) is 0.456. The summed E-state index contributed by atoms with van der Waals surface area (Å²) in [6, 6.07) is 7.92. The first-order valence-electron chi connectivity index (χ1n) is 10.1. The van der Waals surface area contributed by atoms with Crippen molar-refractivity contribution in [2.45, 2.75) is 57.3 Å². The number of benzene rings is 2. The Morgan fingerprint density at radius 1 is 0.933 bits per heavy atom. The highest BCUT2D eigenvalue weighted by Crippen LogP contribution is 2.29. The van der Waals surface area contributed by atoms with E-state index >= 15 is 0 Å². The molecule has 0 aliphatic carbocycles. The van der Waals surface area contributed by atoms with Crippen LogP contribution in [0.3, 0.4) is 0 Å². The molecule has 2 aromatic rings. The molecule has 1 saturated heterocycles. The van der Waals surface area contributed by atoms with Crippen LogP contribution >= 0.6 is 0 Å². The summed E-state index contributed by atoms with van der Waals surface area (Å²) >= 11 is 0. The lowest BCUT2D eigenvalue weighted by Crippen LogP contribution is -2.39. The van der Waals surface area contributed by atoms with Crippen LogP contribution in [0.5, 0.6) is 0 Å². The van der Waals surface area contributed by atoms with Gasteiger partial charge in [-0.15, -0.1) is 0 Å². The number of sulfonamides is 2. The third-order valence-corrected chi connectivity index (χ3v) is 9.46. The molecule has 1 fully saturated rings. The van der Waals surface area contributed by atoms with Crippen LogP contribution in [0.2, 0.25) is 0 Å². The summed E-state index contributed by atoms with van der Waals surface area (Å²) in [6.07, 6.45) is 1.89. The van der Waals surface area contributed by atoms with Crippen LogP contribution in [-0.4, -0.2) is 34.2 Å². The first-order valence-corrected chi connectivity index (χ1v) is 13.1. The fourth-order valence-corrected chi connectivity index (χ4v) is 7.27. The van der Waals surface area contributed by atoms with Crippen molar-refractivity contribution < 1.29 is 16.8 Å². The lowest BCUT2D eigenvalue weighted by atomic mass is 10.0. The second kappa shape index (κ2) is 8.32. The molecule has 1 heterocycles. The van der Waals surface area contributed by atoms with Gasteiger partial charge in [-0.25, -0.2) is 16.8 Å². The van der Waals surface area contributed by atoms with Gasteiger partial charge in [0.15, 0.2) is 0 Å². The average Bonchev–Trinajstić information content (AvgIpc) is 2.66. The summed E-state index contributed by atoms with van der Waals surface area (Å²) in [6.45, 7) is 10.5. The van der Waals surface area contributed by atoms with E-state index in [0.717, 1.165) is 24.0 Å². The van der Waals surface area contributed by atoms with Gasteiger partial charge in [0.2, 0.25) is 10.0 Å². The topological polar surface area (TPSA) is 83.5 Å². The lowest BCUT2D eigenvalue weighted by molar-refractivity contribution is 0.281. The van der Waals surface area contributed by atoms with Crippen LogP contribution in [0.15, 0.2) is 40.1 Å². The third-order valence-electron chi connectivity index (χ3n) is 5.93. The molecule has 8 heteroatoms. The first-order chi connectivity index (χ1) is 13.9. The normalized spacial score (nSPS) is 18.4. The molecule has 0 aromatic heterocycles. The van der Waals surface area contributed by atoms with Crippen LogP contribution in [0, 0.1) is 33.6 Å². The van der Waals surface area contributed by atoms with Crippen LogP contribution in [-0.2, 0) is 20.0 Å². The standard InChI is InChI=1S/C22H30N2O4S2/c1-15-7-6-12-24(14-15)30(27,28)21-10-8-20(9-11-21)23-29(25,26)22-18(4)16(2)13-17(3)19(22)5/h8-11,13,15,23H,6-7,12,14H2,1-5H3. The molecule has 1 aliphatic rings. The number of nitrogens with one attached hydrogen (secondary N) is 1. The highest BCUT2D eigenvalue weighted by Gasteiger charge is 2.29. The maximum atomic E-state index is 13.1. The van der Waals surface area contributed by atoms with Gasteiger partial charge in [0.05, 0.1) is 9.79 Å². The van der Waals surface area contributed by atoms with Gasteiger partial charge in [-0.3, -0.25) is 4.72 Å². The Morgan fingerprint density at radius 2 is 1.50 bits per heavy atom. The Kier molecular flexibility index (Phi) is 6.32. The number of anilines is 1. The number of aryl methyl sites for hydroxylation is 2. The third kappa shape index (κ3) is 4.40. The average molecular weight is 451 g/mol. The minimum absolute atomic E-state index is 0.179. The quantitative estimate of drug-likeness (QED) is 0.742. The second-order valence-electron chi connectivity index (χ2n) is 8.33. The molecular weight excluding hydrogens is 420 g/mol. The molecule has 6 nitrogen and oxygen atoms in total. The molecule has 1 atom stereocenters. The maximum Gasteiger partial charge on any atom is 0.262 e. The summed E-state index contributed by atoms with van der Waals surface area (Å²) in [5.74, 6) is 0.337. The van der Waals surface area contributed by atoms with E-state index in [-0.39, 0.29) is 9.79 Å². The van der Waals surface area contributed by atoms with Gasteiger partial charge in [-0.2, -0.15) is 4.31 Å². The van der Waals surface area contributed by atoms with Crippen molar-refractivity contribution in [3.8, 4) is 0 Å². The van der Waals surface area contributed by atoms with Gasteiger partial charge < -0.3 is 0 Å². The molecule has 1 unspecified atom stereocenters. The zero-order valence-corrected chi connectivity index (χ0v) is 19.8. The molecule has 0 bridgehead atoms. The SMILES string of the molecule is Cc1cc(C)c(C)c(S(=O)(=O)Nc2ccc(S(=O)(=O)N3CCCC(C)C3)cc2)c1C. The molecule has 164 valence electrons. The van der Waals surface area contributed by atoms with E-state index in [9.17, 15) is 16.8 Å². The van der Waals surface area contributed by atoms with Crippen LogP contribution in [0.4, 0.5) is 5.69 Å². The van der Waals surface area contributed by atoms with Crippen LogP contribution in [0.1, 0.15) is 42.0 Å². The number of piperidine rings is 1. The Balaban J connectivity index is 1.88. The van der Waals surface area contributed by atoms with Gasteiger partial charge in [-0.1, -0.05) is 13.0 Å². The highest BCUT2D eigenvalue weighted by atomic mass is 32.2. The van der Waals surface area contributed by atoms with Crippen molar-refractivity contribution in [3.05, 3.63) is 52.6 Å². The molecule has 0 radical (unpaired) electrons. The van der Waals surface area contributed by atoms with Crippen molar-refractivity contribution in [3.63, 3.8) is 0 Å². The zero-order valence-electron chi connectivity index (χ0n) is 18.2. The summed E-state index contributed by atoms with van der Waals surface area (Å²) in [5.41, 5.74) is 3.58. The molecule has 30 heavy (non-hydrogen) atoms. The fourth-order valence-electron chi connectivity index (χ4n) is 4.00. The van der Waals surface area contributed by atoms with Crippen molar-refractivity contribution in [1.82, 2.24) is 4.31 Å². The molecule has 0 amide bonds. The Morgan fingerprint density at radius 3 is 2.03 bits per heavy atom. The van der Waals surface area contributed by atoms with Crippen molar-refractivity contribution >= 4 is 25.7 Å². The zero-order chi connectivity index (χ0) is 22.3. The van der Waals surface area contributed by atoms with E-state index in [1.165, 1.54) is 28.6 Å². The monoisotopic (exact) mass is 450 g/mol. The van der Waals surface area contributed by atoms with Crippen molar-refractivity contribution in [2.24, 2.45) is 5.92 Å². The van der Waals surface area contributed by atoms with E-state index in [0.29, 0.717) is 35.8 Å². The smallest absolute Gasteiger partial charge is 0.262 e. The Hall–Kier alpha value is -1.90. The summed E-state index contributed by atoms with van der Waals surface area (Å²) in [7, 11) is -7.38. The second-order valence-corrected chi connectivity index (χ2v) is 11.9. The molecule has 2 aromatic carbocycles. The van der Waals surface area contributed by atoms with Gasteiger partial charge in [0, 0.05) is 18.8 Å². The summed E-state index contributed by atoms with van der Waals surface area (Å²) in [5, 5.41) is 0. The van der Waals surface area contributed by atoms with Gasteiger partial charge in [-0.05, 0) is 93.0 Å². The van der Waals surface area contributed by atoms with Crippen molar-refractivity contribution in [1.29, 1.82) is 0 Å². The van der Waals surface area contributed by atoms with Crippen LogP contribution < -0.4 is 4.72 Å². The number of nitrogens with zero attached hydrogens (tertiary/aromatic N) is 1. The molecule has 1 aliphatic heterocycles. The highest BCUT2D eigenvalue weighted by molar-refractivity contribution is 7.92. The molecule has 0 saturated carbocycles. The minimum atomic E-state index is -3.81. The largest absolute Gasteiger partial charge is 0.280 e. The maximum absolute atomic E-state index is 13.1. The minimum Gasteiger partial charge on any atom is -0.280 e. The number of hydrogen-bond donors (Lipinski definition) is 1. The van der Waals surface area contributed by atoms with E-state index in [1.807, 2.05) is 19.9 Å². The molecule has 0 spiro atoms.